The van der Waals surface area contributed by atoms with Crippen molar-refractivity contribution < 1.29 is 14.3 Å². The summed E-state index contributed by atoms with van der Waals surface area (Å²) in [5.74, 6) is 1.79. The van der Waals surface area contributed by atoms with Crippen molar-refractivity contribution in [3.8, 4) is 11.5 Å². The quantitative estimate of drug-likeness (QED) is 0.423. The molecule has 4 N–H and O–H groups in total. The van der Waals surface area contributed by atoms with Crippen LogP contribution >= 0.6 is 0 Å². The van der Waals surface area contributed by atoms with Crippen LogP contribution in [0.5, 0.6) is 11.5 Å². The summed E-state index contributed by atoms with van der Waals surface area (Å²) in [5.41, 5.74) is 7.79. The largest absolute Gasteiger partial charge is 0.493 e. The lowest BCUT2D eigenvalue weighted by Gasteiger charge is -2.20. The molecule has 0 heterocycles. The van der Waals surface area contributed by atoms with Gasteiger partial charge in [0.2, 0.25) is 5.91 Å². The third kappa shape index (κ3) is 6.38. The molecule has 1 amide bonds. The number of hydrogen-bond donors (Lipinski definition) is 3. The van der Waals surface area contributed by atoms with E-state index in [-0.39, 0.29) is 6.10 Å². The second-order valence-electron chi connectivity index (χ2n) is 7.59. The highest BCUT2D eigenvalue weighted by Gasteiger charge is 2.20. The average Bonchev–Trinajstić information content (AvgIpc) is 3.29. The lowest BCUT2D eigenvalue weighted by molar-refractivity contribution is 0.1000. The van der Waals surface area contributed by atoms with E-state index in [1.165, 1.54) is 12.8 Å². The van der Waals surface area contributed by atoms with Crippen molar-refractivity contribution in [3.05, 3.63) is 59.2 Å². The molecule has 3 rings (SSSR count). The molecule has 7 nitrogen and oxygen atoms in total. The number of primary amides is 1. The molecule has 166 valence electrons. The highest BCUT2D eigenvalue weighted by Crippen LogP contribution is 2.34. The fourth-order valence-electron chi connectivity index (χ4n) is 3.68. The van der Waals surface area contributed by atoms with Gasteiger partial charge in [0.25, 0.3) is 0 Å². The van der Waals surface area contributed by atoms with Crippen molar-refractivity contribution in [2.75, 3.05) is 13.7 Å². The summed E-state index contributed by atoms with van der Waals surface area (Å²) in [7, 11) is 1.67. The Morgan fingerprint density at radius 1 is 1.16 bits per heavy atom. The van der Waals surface area contributed by atoms with Crippen LogP contribution in [0.2, 0.25) is 0 Å². The van der Waals surface area contributed by atoms with Crippen LogP contribution in [-0.4, -0.2) is 31.6 Å². The number of rotatable bonds is 9. The van der Waals surface area contributed by atoms with Gasteiger partial charge in [0, 0.05) is 24.2 Å². The number of methoxy groups -OCH3 is 1. The molecule has 0 aliphatic heterocycles. The first-order valence-electron chi connectivity index (χ1n) is 10.8. The van der Waals surface area contributed by atoms with E-state index in [4.69, 9.17) is 15.2 Å². The predicted octanol–water partition coefficient (Wildman–Crippen LogP) is 3.37. The summed E-state index contributed by atoms with van der Waals surface area (Å²) in [5, 5.41) is 6.63. The summed E-state index contributed by atoms with van der Waals surface area (Å²) in [6.07, 6.45) is 4.83. The molecular weight excluding hydrogens is 392 g/mol. The first-order chi connectivity index (χ1) is 15.1. The molecule has 0 radical (unpaired) electrons. The van der Waals surface area contributed by atoms with Gasteiger partial charge < -0.3 is 25.8 Å². The van der Waals surface area contributed by atoms with Gasteiger partial charge in [-0.25, -0.2) is 4.99 Å². The van der Waals surface area contributed by atoms with Crippen molar-refractivity contribution in [3.63, 3.8) is 0 Å². The Bertz CT molecular complexity index is 907. The van der Waals surface area contributed by atoms with Gasteiger partial charge in [0.1, 0.15) is 0 Å². The number of carbonyl (C=O) groups is 1. The summed E-state index contributed by atoms with van der Waals surface area (Å²) in [6, 6.07) is 13.2. The minimum Gasteiger partial charge on any atom is -0.493 e. The summed E-state index contributed by atoms with van der Waals surface area (Å²) in [4.78, 5) is 16.0. The van der Waals surface area contributed by atoms with E-state index in [9.17, 15) is 4.79 Å². The van der Waals surface area contributed by atoms with E-state index in [1.807, 2.05) is 37.3 Å². The Morgan fingerprint density at radius 2 is 1.94 bits per heavy atom. The molecule has 2 aromatic carbocycles. The van der Waals surface area contributed by atoms with Crippen molar-refractivity contribution in [1.82, 2.24) is 10.6 Å². The molecule has 1 fully saturated rings. The molecule has 0 saturated heterocycles. The molecule has 31 heavy (non-hydrogen) atoms. The van der Waals surface area contributed by atoms with E-state index in [0.717, 1.165) is 42.0 Å². The number of guanidine groups is 1. The Morgan fingerprint density at radius 3 is 2.65 bits per heavy atom. The maximum atomic E-state index is 11.4. The molecule has 2 aromatic rings. The Hall–Kier alpha value is -3.22. The zero-order valence-corrected chi connectivity index (χ0v) is 18.3. The van der Waals surface area contributed by atoms with E-state index in [0.29, 0.717) is 24.6 Å². The number of para-hydroxylation sites is 1. The van der Waals surface area contributed by atoms with Gasteiger partial charge in [-0.3, -0.25) is 4.79 Å². The first-order valence-corrected chi connectivity index (χ1v) is 10.8. The third-order valence-electron chi connectivity index (χ3n) is 5.29. The summed E-state index contributed by atoms with van der Waals surface area (Å²) >= 11 is 0. The number of hydrogen-bond acceptors (Lipinski definition) is 4. The monoisotopic (exact) mass is 424 g/mol. The van der Waals surface area contributed by atoms with Crippen LogP contribution in [0.4, 0.5) is 0 Å². The number of nitrogens with two attached hydrogens (primary N) is 1. The van der Waals surface area contributed by atoms with Crippen LogP contribution in [0.15, 0.2) is 47.5 Å². The predicted molar refractivity (Wildman–Crippen MR) is 122 cm³/mol. The van der Waals surface area contributed by atoms with Crippen LogP contribution in [0.25, 0.3) is 0 Å². The zero-order valence-electron chi connectivity index (χ0n) is 18.3. The SMILES string of the molecule is CCNC(=NCc1cccc(C(N)=O)c1)NCc1cccc(OC)c1OC1CCCC1. The number of benzene rings is 2. The number of ether oxygens (including phenoxy) is 2. The van der Waals surface area contributed by atoms with E-state index < -0.39 is 5.91 Å². The minimum atomic E-state index is -0.441. The molecule has 0 bridgehead atoms. The normalized spacial score (nSPS) is 14.3. The maximum Gasteiger partial charge on any atom is 0.248 e. The van der Waals surface area contributed by atoms with Crippen LogP contribution < -0.4 is 25.8 Å². The molecule has 1 aliphatic carbocycles. The highest BCUT2D eigenvalue weighted by molar-refractivity contribution is 5.92. The van der Waals surface area contributed by atoms with Crippen molar-refractivity contribution in [2.45, 2.75) is 51.8 Å². The standard InChI is InChI=1S/C24H32N4O3/c1-3-26-24(27-15-17-8-6-9-18(14-17)23(25)29)28-16-19-10-7-13-21(30-2)22(19)31-20-11-4-5-12-20/h6-10,13-14,20H,3-5,11-12,15-16H2,1-2H3,(H2,25,29)(H2,26,27,28). The van der Waals surface area contributed by atoms with Crippen LogP contribution in [-0.2, 0) is 13.1 Å². The summed E-state index contributed by atoms with van der Waals surface area (Å²) < 4.78 is 11.9. The zero-order chi connectivity index (χ0) is 22.1. The van der Waals surface area contributed by atoms with Gasteiger partial charge in [-0.1, -0.05) is 24.3 Å². The fraction of sp³-hybridized carbons (Fsp3) is 0.417. The highest BCUT2D eigenvalue weighted by atomic mass is 16.5. The lowest BCUT2D eigenvalue weighted by Crippen LogP contribution is -2.37. The average molecular weight is 425 g/mol. The fourth-order valence-corrected chi connectivity index (χ4v) is 3.68. The molecule has 0 aromatic heterocycles. The molecule has 0 unspecified atom stereocenters. The lowest BCUT2D eigenvalue weighted by atomic mass is 10.1. The number of nitrogens with zero attached hydrogens (tertiary/aromatic N) is 1. The van der Waals surface area contributed by atoms with Crippen LogP contribution in [0, 0.1) is 0 Å². The van der Waals surface area contributed by atoms with E-state index in [1.54, 1.807) is 19.2 Å². The second kappa shape index (κ2) is 11.2. The van der Waals surface area contributed by atoms with Gasteiger partial charge >= 0.3 is 0 Å². The minimum absolute atomic E-state index is 0.245. The maximum absolute atomic E-state index is 11.4. The Balaban J connectivity index is 1.71. The van der Waals surface area contributed by atoms with E-state index in [2.05, 4.69) is 15.6 Å². The van der Waals surface area contributed by atoms with Gasteiger partial charge in [-0.05, 0) is 56.4 Å². The Labute approximate surface area is 184 Å². The van der Waals surface area contributed by atoms with Gasteiger partial charge in [-0.2, -0.15) is 0 Å². The first kappa shape index (κ1) is 22.5. The number of nitrogens with one attached hydrogen (secondary N) is 2. The van der Waals surface area contributed by atoms with E-state index >= 15 is 0 Å². The Kier molecular flexibility index (Phi) is 8.15. The third-order valence-corrected chi connectivity index (χ3v) is 5.29. The van der Waals surface area contributed by atoms with Gasteiger partial charge in [0.15, 0.2) is 17.5 Å². The molecular formula is C24H32N4O3. The van der Waals surface area contributed by atoms with Crippen molar-refractivity contribution in [2.24, 2.45) is 10.7 Å². The smallest absolute Gasteiger partial charge is 0.248 e. The van der Waals surface area contributed by atoms with Crippen LogP contribution in [0.3, 0.4) is 0 Å². The number of amides is 1. The molecule has 7 heteroatoms. The molecule has 0 atom stereocenters. The molecule has 1 saturated carbocycles. The second-order valence-corrected chi connectivity index (χ2v) is 7.59. The topological polar surface area (TPSA) is 98.0 Å². The van der Waals surface area contributed by atoms with Crippen molar-refractivity contribution >= 4 is 11.9 Å². The van der Waals surface area contributed by atoms with Crippen LogP contribution in [0.1, 0.15) is 54.1 Å². The summed E-state index contributed by atoms with van der Waals surface area (Å²) in [6.45, 7) is 3.73. The number of carbonyl (C=O) groups excluding carboxylic acids is 1. The van der Waals surface area contributed by atoms with Gasteiger partial charge in [-0.15, -0.1) is 0 Å². The van der Waals surface area contributed by atoms with Crippen molar-refractivity contribution in [1.29, 1.82) is 0 Å². The van der Waals surface area contributed by atoms with Gasteiger partial charge in [0.05, 0.1) is 19.8 Å². The molecule has 1 aliphatic rings. The molecule has 0 spiro atoms. The number of aliphatic imine (C=N–C) groups is 1.